The summed E-state index contributed by atoms with van der Waals surface area (Å²) in [6, 6.07) is 67.2. The van der Waals surface area contributed by atoms with Gasteiger partial charge in [0.2, 0.25) is 0 Å². The number of pyridine rings is 1. The van der Waals surface area contributed by atoms with Crippen molar-refractivity contribution in [1.29, 1.82) is 0 Å². The number of nitrogens with zero attached hydrogens (tertiary/aromatic N) is 1. The molecule has 2 aromatic heterocycles. The summed E-state index contributed by atoms with van der Waals surface area (Å²) in [5.74, 6) is 0. The Labute approximate surface area is 312 Å². The van der Waals surface area contributed by atoms with Crippen LogP contribution in [-0.4, -0.2) is 4.98 Å². The minimum absolute atomic E-state index is 0.825. The van der Waals surface area contributed by atoms with Crippen LogP contribution in [0, 0.1) is 0 Å². The number of aromatic nitrogens is 1. The minimum Gasteiger partial charge on any atom is -0.309 e. The van der Waals surface area contributed by atoms with Gasteiger partial charge in [0.1, 0.15) is 0 Å². The van der Waals surface area contributed by atoms with Gasteiger partial charge in [-0.3, -0.25) is 0 Å². The average molecular weight is 714 g/mol. The summed E-state index contributed by atoms with van der Waals surface area (Å²) in [5, 5.41) is 8.63. The maximum absolute atomic E-state index is 14.9. The topological polar surface area (TPSA) is 30.0 Å². The fourth-order valence-corrected chi connectivity index (χ4v) is 11.5. The molecule has 0 aliphatic rings. The highest BCUT2D eigenvalue weighted by Gasteiger charge is 2.29. The van der Waals surface area contributed by atoms with Crippen molar-refractivity contribution in [3.05, 3.63) is 194 Å². The van der Waals surface area contributed by atoms with Crippen molar-refractivity contribution >= 4 is 76.2 Å². The molecule has 0 atom stereocenters. The lowest BCUT2D eigenvalue weighted by Crippen LogP contribution is -2.24. The maximum atomic E-state index is 14.9. The molecule has 0 aliphatic carbocycles. The summed E-state index contributed by atoms with van der Waals surface area (Å²) in [4.78, 5) is 5.30. The quantitative estimate of drug-likeness (QED) is 0.127. The first kappa shape index (κ1) is 31.6. The molecule has 2 nitrogen and oxygen atoms in total. The molecule has 0 radical (unpaired) electrons. The van der Waals surface area contributed by atoms with Gasteiger partial charge in [0.25, 0.3) is 0 Å². The molecule has 10 aromatic rings. The summed E-state index contributed by atoms with van der Waals surface area (Å²) in [7, 11) is -3.05. The van der Waals surface area contributed by atoms with Crippen molar-refractivity contribution < 1.29 is 4.57 Å². The van der Waals surface area contributed by atoms with Crippen molar-refractivity contribution in [3.63, 3.8) is 0 Å². The van der Waals surface area contributed by atoms with Gasteiger partial charge in [0.05, 0.1) is 11.2 Å². The summed E-state index contributed by atoms with van der Waals surface area (Å²) >= 11 is 1.85. The lowest BCUT2D eigenvalue weighted by atomic mass is 9.93. The van der Waals surface area contributed by atoms with Gasteiger partial charge in [-0.15, -0.1) is 11.3 Å². The van der Waals surface area contributed by atoms with Crippen LogP contribution in [0.2, 0.25) is 0 Å². The third-order valence-corrected chi connectivity index (χ3v) is 14.6. The number of thiophene rings is 1. The van der Waals surface area contributed by atoms with Gasteiger partial charge < -0.3 is 4.57 Å². The zero-order chi connectivity index (χ0) is 35.4. The van der Waals surface area contributed by atoms with E-state index in [2.05, 4.69) is 121 Å². The second-order valence-corrected chi connectivity index (χ2v) is 17.3. The van der Waals surface area contributed by atoms with E-state index in [0.717, 1.165) is 65.7 Å². The van der Waals surface area contributed by atoms with Crippen LogP contribution in [0.4, 0.5) is 0 Å². The van der Waals surface area contributed by atoms with Gasteiger partial charge in [-0.05, 0) is 52.6 Å². The lowest BCUT2D eigenvalue weighted by Gasteiger charge is -2.20. The fourth-order valence-electron chi connectivity index (χ4n) is 7.77. The summed E-state index contributed by atoms with van der Waals surface area (Å²) < 4.78 is 17.5. The Morgan fingerprint density at radius 2 is 0.943 bits per heavy atom. The molecule has 10 rings (SSSR count). The molecule has 0 saturated heterocycles. The first-order valence-corrected chi connectivity index (χ1v) is 20.3. The largest absolute Gasteiger partial charge is 0.309 e. The average Bonchev–Trinajstić information content (AvgIpc) is 3.63. The smallest absolute Gasteiger partial charge is 0.171 e. The third-order valence-electron chi connectivity index (χ3n) is 10.3. The van der Waals surface area contributed by atoms with E-state index in [1.807, 2.05) is 84.1 Å². The number of hydrogen-bond acceptors (Lipinski definition) is 3. The molecule has 2 heterocycles. The molecule has 0 saturated carbocycles. The second-order valence-electron chi connectivity index (χ2n) is 13.4. The molecule has 250 valence electrons. The Hall–Kier alpha value is -6.12. The van der Waals surface area contributed by atoms with Crippen molar-refractivity contribution in [2.24, 2.45) is 0 Å². The van der Waals surface area contributed by atoms with Gasteiger partial charge in [-0.2, -0.15) is 0 Å². The number of fused-ring (bicyclic) bond motifs is 7. The first-order valence-electron chi connectivity index (χ1n) is 17.8. The molecule has 53 heavy (non-hydrogen) atoms. The molecule has 4 heteroatoms. The van der Waals surface area contributed by atoms with Gasteiger partial charge in [0, 0.05) is 57.8 Å². The van der Waals surface area contributed by atoms with E-state index in [1.165, 1.54) is 25.6 Å². The van der Waals surface area contributed by atoms with Crippen LogP contribution < -0.4 is 15.9 Å². The molecule has 0 N–H and O–H groups in total. The number of hydrogen-bond donors (Lipinski definition) is 0. The van der Waals surface area contributed by atoms with E-state index < -0.39 is 7.14 Å². The van der Waals surface area contributed by atoms with Crippen molar-refractivity contribution in [2.75, 3.05) is 0 Å². The normalized spacial score (nSPS) is 11.8. The first-order chi connectivity index (χ1) is 26.1. The molecule has 0 fully saturated rings. The summed E-state index contributed by atoms with van der Waals surface area (Å²) in [6.07, 6.45) is 0. The van der Waals surface area contributed by atoms with Crippen molar-refractivity contribution in [3.8, 4) is 33.5 Å². The van der Waals surface area contributed by atoms with E-state index in [4.69, 9.17) is 4.98 Å². The zero-order valence-corrected chi connectivity index (χ0v) is 30.4. The van der Waals surface area contributed by atoms with Crippen LogP contribution in [0.3, 0.4) is 0 Å². The van der Waals surface area contributed by atoms with E-state index in [1.54, 1.807) is 0 Å². The van der Waals surface area contributed by atoms with E-state index in [0.29, 0.717) is 0 Å². The minimum atomic E-state index is -3.05. The second kappa shape index (κ2) is 12.8. The van der Waals surface area contributed by atoms with Gasteiger partial charge in [0.15, 0.2) is 7.14 Å². The fraction of sp³-hybridized carbons (Fsp3) is 0. The van der Waals surface area contributed by atoms with Crippen molar-refractivity contribution in [1.82, 2.24) is 4.98 Å². The van der Waals surface area contributed by atoms with Crippen LogP contribution >= 0.6 is 18.5 Å². The lowest BCUT2D eigenvalue weighted by molar-refractivity contribution is 0.592. The molecule has 8 aromatic carbocycles. The molecule has 0 bridgehead atoms. The maximum Gasteiger partial charge on any atom is 0.171 e. The highest BCUT2D eigenvalue weighted by molar-refractivity contribution is 7.85. The van der Waals surface area contributed by atoms with Crippen LogP contribution in [-0.2, 0) is 4.57 Å². The Bertz CT molecular complexity index is 2970. The Morgan fingerprint density at radius 3 is 1.66 bits per heavy atom. The summed E-state index contributed by atoms with van der Waals surface area (Å²) in [5.41, 5.74) is 7.57. The van der Waals surface area contributed by atoms with Crippen LogP contribution in [0.5, 0.6) is 0 Å². The molecule has 0 amide bonds. The molecule has 0 unspecified atom stereocenters. The monoisotopic (exact) mass is 713 g/mol. The molecule has 0 spiro atoms. The van der Waals surface area contributed by atoms with E-state index >= 15 is 0 Å². The predicted molar refractivity (Wildman–Crippen MR) is 228 cm³/mol. The molecular formula is C49H32NOPS. The van der Waals surface area contributed by atoms with Crippen LogP contribution in [0.1, 0.15) is 0 Å². The van der Waals surface area contributed by atoms with E-state index in [-0.39, 0.29) is 0 Å². The highest BCUT2D eigenvalue weighted by Crippen LogP contribution is 2.45. The Kier molecular flexibility index (Phi) is 7.65. The molecule has 0 aliphatic heterocycles. The Balaban J connectivity index is 1.10. The standard InChI is InChI=1S/C49H32NOPS/c51-52(38-17-6-2-7-18-38,39-19-8-3-9-20-39)40-26-23-33(24-27-40)35-15-12-16-36(31-35)37-25-29-44-43(32-37)47-42(49(50-44)34-13-4-1-5-14-34)28-30-46-48(47)41-21-10-11-22-45(41)53-46/h1-32H. The highest BCUT2D eigenvalue weighted by atomic mass is 32.1. The van der Waals surface area contributed by atoms with Gasteiger partial charge in [-0.1, -0.05) is 164 Å². The number of rotatable bonds is 6. The third kappa shape index (κ3) is 5.32. The van der Waals surface area contributed by atoms with Gasteiger partial charge >= 0.3 is 0 Å². The van der Waals surface area contributed by atoms with Gasteiger partial charge in [-0.25, -0.2) is 4.98 Å². The van der Waals surface area contributed by atoms with Crippen LogP contribution in [0.15, 0.2) is 194 Å². The SMILES string of the molecule is O=P(c1ccccc1)(c1ccccc1)c1ccc(-c2cccc(-c3ccc4nc(-c5ccccc5)c5ccc6sc7ccccc7c6c5c4c3)c2)cc1. The van der Waals surface area contributed by atoms with Crippen LogP contribution in [0.25, 0.3) is 75.4 Å². The van der Waals surface area contributed by atoms with E-state index in [9.17, 15) is 4.57 Å². The Morgan fingerprint density at radius 1 is 0.377 bits per heavy atom. The van der Waals surface area contributed by atoms with Crippen molar-refractivity contribution in [2.45, 2.75) is 0 Å². The number of benzene rings is 8. The molecular weight excluding hydrogens is 682 g/mol. The zero-order valence-electron chi connectivity index (χ0n) is 28.7. The predicted octanol–water partition coefficient (Wildman–Crippen LogP) is 12.4. The summed E-state index contributed by atoms with van der Waals surface area (Å²) in [6.45, 7) is 0.